The highest BCUT2D eigenvalue weighted by Gasteiger charge is 2.24. The molecule has 0 radical (unpaired) electrons. The first kappa shape index (κ1) is 10.5. The molecule has 0 bridgehead atoms. The standard InChI is InChI=1S/C6H14N2O3/c1-3-6(10,8-11)7-4-5(2)9/h5,7,9-10H,3-4H2,1-2H3. The van der Waals surface area contributed by atoms with E-state index in [2.05, 4.69) is 10.5 Å². The molecule has 0 aliphatic carbocycles. The maximum Gasteiger partial charge on any atom is 0.253 e. The van der Waals surface area contributed by atoms with E-state index >= 15 is 0 Å². The first-order chi connectivity index (χ1) is 5.04. The Kier molecular flexibility index (Phi) is 4.17. The number of nitrogens with one attached hydrogen (secondary N) is 1. The van der Waals surface area contributed by atoms with Crippen LogP contribution in [0.4, 0.5) is 0 Å². The van der Waals surface area contributed by atoms with Gasteiger partial charge in [0.1, 0.15) is 0 Å². The molecule has 0 spiro atoms. The van der Waals surface area contributed by atoms with E-state index in [-0.39, 0.29) is 13.0 Å². The van der Waals surface area contributed by atoms with Gasteiger partial charge in [-0.15, -0.1) is 4.91 Å². The van der Waals surface area contributed by atoms with Gasteiger partial charge in [0.05, 0.1) is 6.10 Å². The van der Waals surface area contributed by atoms with Crippen molar-refractivity contribution < 1.29 is 10.2 Å². The summed E-state index contributed by atoms with van der Waals surface area (Å²) in [4.78, 5) is 10.0. The van der Waals surface area contributed by atoms with Crippen LogP contribution in [-0.4, -0.2) is 28.7 Å². The number of hydrogen-bond acceptors (Lipinski definition) is 5. The fourth-order valence-corrected chi connectivity index (χ4v) is 0.533. The lowest BCUT2D eigenvalue weighted by Crippen LogP contribution is -2.45. The van der Waals surface area contributed by atoms with Crippen molar-refractivity contribution in [1.82, 2.24) is 5.32 Å². The molecule has 0 aliphatic heterocycles. The average Bonchev–Trinajstić information content (AvgIpc) is 2.00. The van der Waals surface area contributed by atoms with Crippen LogP contribution >= 0.6 is 0 Å². The largest absolute Gasteiger partial charge is 0.392 e. The molecule has 5 nitrogen and oxygen atoms in total. The Morgan fingerprint density at radius 2 is 2.27 bits per heavy atom. The Hall–Kier alpha value is -0.520. The molecule has 11 heavy (non-hydrogen) atoms. The predicted molar refractivity (Wildman–Crippen MR) is 40.7 cm³/mol. The van der Waals surface area contributed by atoms with E-state index in [0.29, 0.717) is 0 Å². The van der Waals surface area contributed by atoms with E-state index in [0.717, 1.165) is 0 Å². The number of nitroso groups, excluding NO2 is 1. The van der Waals surface area contributed by atoms with Crippen LogP contribution in [0.2, 0.25) is 0 Å². The van der Waals surface area contributed by atoms with Crippen LogP contribution in [0, 0.1) is 4.91 Å². The summed E-state index contributed by atoms with van der Waals surface area (Å²) in [6, 6.07) is 0. The summed E-state index contributed by atoms with van der Waals surface area (Å²) in [6.07, 6.45) is -0.418. The lowest BCUT2D eigenvalue weighted by molar-refractivity contribution is -0.00132. The molecule has 0 aromatic rings. The molecule has 0 aliphatic rings. The third-order valence-electron chi connectivity index (χ3n) is 1.32. The summed E-state index contributed by atoms with van der Waals surface area (Å²) in [5.41, 5.74) is 0. The predicted octanol–water partition coefficient (Wildman–Crippen LogP) is -0.221. The van der Waals surface area contributed by atoms with Crippen LogP contribution in [0.1, 0.15) is 20.3 Å². The van der Waals surface area contributed by atoms with Crippen molar-refractivity contribution in [2.75, 3.05) is 6.54 Å². The SMILES string of the molecule is CCC(O)(N=O)NCC(C)O. The number of aliphatic hydroxyl groups excluding tert-OH is 1. The third kappa shape index (κ3) is 4.02. The minimum absolute atomic E-state index is 0.149. The van der Waals surface area contributed by atoms with Crippen LogP contribution in [0.3, 0.4) is 0 Å². The molecule has 0 amide bonds. The molecule has 0 rings (SSSR count). The van der Waals surface area contributed by atoms with Crippen molar-refractivity contribution >= 4 is 0 Å². The summed E-state index contributed by atoms with van der Waals surface area (Å²) in [5.74, 6) is -1.73. The molecule has 0 saturated heterocycles. The van der Waals surface area contributed by atoms with Gasteiger partial charge in [0.15, 0.2) is 0 Å². The molecule has 2 atom stereocenters. The fourth-order valence-electron chi connectivity index (χ4n) is 0.533. The smallest absolute Gasteiger partial charge is 0.253 e. The molecular weight excluding hydrogens is 148 g/mol. The van der Waals surface area contributed by atoms with E-state index in [1.807, 2.05) is 0 Å². The van der Waals surface area contributed by atoms with Gasteiger partial charge >= 0.3 is 0 Å². The van der Waals surface area contributed by atoms with E-state index in [1.54, 1.807) is 13.8 Å². The second kappa shape index (κ2) is 4.38. The number of hydrogen-bond donors (Lipinski definition) is 3. The number of rotatable bonds is 5. The third-order valence-corrected chi connectivity index (χ3v) is 1.32. The molecule has 66 valence electrons. The van der Waals surface area contributed by atoms with Crippen molar-refractivity contribution in [2.24, 2.45) is 5.18 Å². The second-order valence-corrected chi connectivity index (χ2v) is 2.49. The Labute approximate surface area is 65.4 Å². The summed E-state index contributed by atoms with van der Waals surface area (Å²) in [7, 11) is 0. The molecule has 0 aromatic heterocycles. The van der Waals surface area contributed by atoms with Gasteiger partial charge in [0, 0.05) is 13.0 Å². The Morgan fingerprint density at radius 1 is 1.73 bits per heavy atom. The van der Waals surface area contributed by atoms with Crippen LogP contribution in [0.5, 0.6) is 0 Å². The quantitative estimate of drug-likeness (QED) is 0.385. The normalized spacial score (nSPS) is 18.9. The van der Waals surface area contributed by atoms with Crippen molar-refractivity contribution in [2.45, 2.75) is 32.2 Å². The summed E-state index contributed by atoms with van der Waals surface area (Å²) < 4.78 is 0. The summed E-state index contributed by atoms with van der Waals surface area (Å²) >= 11 is 0. The number of aliphatic hydroxyl groups is 2. The Balaban J connectivity index is 3.78. The minimum atomic E-state index is -1.73. The molecule has 2 unspecified atom stereocenters. The lowest BCUT2D eigenvalue weighted by Gasteiger charge is -2.20. The minimum Gasteiger partial charge on any atom is -0.392 e. The lowest BCUT2D eigenvalue weighted by atomic mass is 10.3. The van der Waals surface area contributed by atoms with Crippen molar-refractivity contribution in [3.63, 3.8) is 0 Å². The zero-order valence-electron chi connectivity index (χ0n) is 6.74. The molecule has 0 fully saturated rings. The monoisotopic (exact) mass is 162 g/mol. The summed E-state index contributed by atoms with van der Waals surface area (Å²) in [5, 5.41) is 22.9. The van der Waals surface area contributed by atoms with Gasteiger partial charge in [-0.25, -0.2) is 0 Å². The Morgan fingerprint density at radius 3 is 2.55 bits per heavy atom. The van der Waals surface area contributed by atoms with Crippen molar-refractivity contribution in [1.29, 1.82) is 0 Å². The Bertz CT molecular complexity index is 129. The molecular formula is C6H14N2O3. The van der Waals surface area contributed by atoms with Gasteiger partial charge < -0.3 is 10.2 Å². The highest BCUT2D eigenvalue weighted by atomic mass is 16.4. The summed E-state index contributed by atoms with van der Waals surface area (Å²) in [6.45, 7) is 3.32. The first-order valence-electron chi connectivity index (χ1n) is 3.54. The van der Waals surface area contributed by atoms with E-state index in [4.69, 9.17) is 5.11 Å². The molecule has 0 aromatic carbocycles. The molecule has 5 heteroatoms. The first-order valence-corrected chi connectivity index (χ1v) is 3.54. The van der Waals surface area contributed by atoms with Crippen LogP contribution in [-0.2, 0) is 0 Å². The van der Waals surface area contributed by atoms with Gasteiger partial charge in [-0.1, -0.05) is 6.92 Å². The molecule has 0 saturated carbocycles. The zero-order chi connectivity index (χ0) is 8.91. The molecule has 3 N–H and O–H groups in total. The number of nitrogens with zero attached hydrogens (tertiary/aromatic N) is 1. The maximum absolute atomic E-state index is 10.0. The second-order valence-electron chi connectivity index (χ2n) is 2.49. The van der Waals surface area contributed by atoms with Gasteiger partial charge in [-0.3, -0.25) is 5.32 Å². The van der Waals surface area contributed by atoms with Crippen LogP contribution in [0.15, 0.2) is 5.18 Å². The van der Waals surface area contributed by atoms with Crippen molar-refractivity contribution in [3.8, 4) is 0 Å². The van der Waals surface area contributed by atoms with Crippen LogP contribution < -0.4 is 5.32 Å². The topological polar surface area (TPSA) is 81.9 Å². The van der Waals surface area contributed by atoms with Gasteiger partial charge in [0.2, 0.25) is 0 Å². The van der Waals surface area contributed by atoms with Gasteiger partial charge in [-0.2, -0.15) is 0 Å². The molecule has 0 heterocycles. The van der Waals surface area contributed by atoms with Gasteiger partial charge in [0.25, 0.3) is 5.85 Å². The fraction of sp³-hybridized carbons (Fsp3) is 1.00. The zero-order valence-corrected chi connectivity index (χ0v) is 6.74. The van der Waals surface area contributed by atoms with Gasteiger partial charge in [-0.05, 0) is 12.1 Å². The van der Waals surface area contributed by atoms with Crippen LogP contribution in [0.25, 0.3) is 0 Å². The maximum atomic E-state index is 10.0. The average molecular weight is 162 g/mol. The van der Waals surface area contributed by atoms with Crippen molar-refractivity contribution in [3.05, 3.63) is 4.91 Å². The highest BCUT2D eigenvalue weighted by molar-refractivity contribution is 4.70. The van der Waals surface area contributed by atoms with E-state index in [1.165, 1.54) is 0 Å². The van der Waals surface area contributed by atoms with E-state index in [9.17, 15) is 10.0 Å². The highest BCUT2D eigenvalue weighted by Crippen LogP contribution is 2.05. The van der Waals surface area contributed by atoms with E-state index < -0.39 is 12.0 Å².